The van der Waals surface area contributed by atoms with Crippen LogP contribution < -0.4 is 5.32 Å². The average Bonchev–Trinajstić information content (AvgIpc) is 2.86. The monoisotopic (exact) mass is 472 g/mol. The fourth-order valence-corrected chi connectivity index (χ4v) is 4.57. The molecule has 1 aliphatic rings. The van der Waals surface area contributed by atoms with E-state index in [0.29, 0.717) is 24.5 Å². The number of halogens is 2. The van der Waals surface area contributed by atoms with Crippen LogP contribution in [0.4, 0.5) is 14.6 Å². The molecule has 5 rings (SSSR count). The van der Waals surface area contributed by atoms with E-state index >= 15 is 0 Å². The first kappa shape index (κ1) is 22.9. The summed E-state index contributed by atoms with van der Waals surface area (Å²) in [7, 11) is 0. The lowest BCUT2D eigenvalue weighted by atomic mass is 9.95. The molecule has 2 heterocycles. The molecule has 0 bridgehead atoms. The zero-order chi connectivity index (χ0) is 24.5. The van der Waals surface area contributed by atoms with Crippen LogP contribution in [0.15, 0.2) is 60.8 Å². The van der Waals surface area contributed by atoms with Gasteiger partial charge in [-0.15, -0.1) is 0 Å². The van der Waals surface area contributed by atoms with Crippen molar-refractivity contribution in [2.45, 2.75) is 32.7 Å². The Morgan fingerprint density at radius 2 is 1.77 bits per heavy atom. The summed E-state index contributed by atoms with van der Waals surface area (Å²) in [6, 6.07) is 16.0. The lowest BCUT2D eigenvalue weighted by Gasteiger charge is -2.34. The van der Waals surface area contributed by atoms with Crippen molar-refractivity contribution < 1.29 is 13.6 Å². The summed E-state index contributed by atoms with van der Waals surface area (Å²) in [6.07, 6.45) is 3.21. The largest absolute Gasteiger partial charge is 0.364 e. The molecular formula is C28H26F2N4O. The van der Waals surface area contributed by atoms with Crippen molar-refractivity contribution in [1.29, 1.82) is 0 Å². The highest BCUT2D eigenvalue weighted by Crippen LogP contribution is 2.28. The fourth-order valence-electron chi connectivity index (χ4n) is 4.57. The SMILES string of the molecule is Cc1ccc(-c2ccccc2C(=O)N2CCCC(Nc3cnc4cc(F)c(F)cc4n3)C2)cc1C. The number of hydrogen-bond acceptors (Lipinski definition) is 4. The van der Waals surface area contributed by atoms with Gasteiger partial charge in [0.1, 0.15) is 5.82 Å². The van der Waals surface area contributed by atoms with Crippen LogP contribution in [0.3, 0.4) is 0 Å². The van der Waals surface area contributed by atoms with E-state index in [1.807, 2.05) is 29.2 Å². The van der Waals surface area contributed by atoms with E-state index in [-0.39, 0.29) is 23.0 Å². The molecule has 0 radical (unpaired) electrons. The van der Waals surface area contributed by atoms with Gasteiger partial charge in [-0.1, -0.05) is 36.4 Å². The van der Waals surface area contributed by atoms with Gasteiger partial charge >= 0.3 is 0 Å². The van der Waals surface area contributed by atoms with E-state index in [9.17, 15) is 13.6 Å². The minimum atomic E-state index is -0.958. The summed E-state index contributed by atoms with van der Waals surface area (Å²) in [6.45, 7) is 5.33. The third-order valence-electron chi connectivity index (χ3n) is 6.62. The lowest BCUT2D eigenvalue weighted by molar-refractivity contribution is 0.0715. The topological polar surface area (TPSA) is 58.1 Å². The van der Waals surface area contributed by atoms with Crippen molar-refractivity contribution in [3.63, 3.8) is 0 Å². The molecule has 1 fully saturated rings. The molecule has 1 amide bonds. The van der Waals surface area contributed by atoms with E-state index in [4.69, 9.17) is 0 Å². The number of carbonyl (C=O) groups excluding carboxylic acids is 1. The van der Waals surface area contributed by atoms with Crippen molar-refractivity contribution >= 4 is 22.8 Å². The number of amides is 1. The minimum absolute atomic E-state index is 0.00697. The zero-order valence-corrected chi connectivity index (χ0v) is 19.7. The normalized spacial score (nSPS) is 15.9. The van der Waals surface area contributed by atoms with Gasteiger partial charge in [-0.25, -0.2) is 13.8 Å². The number of benzene rings is 3. The Kier molecular flexibility index (Phi) is 6.16. The predicted octanol–water partition coefficient (Wildman–Crippen LogP) is 5.91. The molecule has 0 aliphatic carbocycles. The Hall–Kier alpha value is -3.87. The first-order valence-corrected chi connectivity index (χ1v) is 11.7. The van der Waals surface area contributed by atoms with E-state index in [0.717, 1.165) is 36.1 Å². The second-order valence-electron chi connectivity index (χ2n) is 9.09. The number of piperidine rings is 1. The van der Waals surface area contributed by atoms with Crippen molar-refractivity contribution in [3.05, 3.63) is 89.1 Å². The summed E-state index contributed by atoms with van der Waals surface area (Å²) in [5, 5.41) is 3.32. The molecule has 35 heavy (non-hydrogen) atoms. The maximum Gasteiger partial charge on any atom is 0.254 e. The summed E-state index contributed by atoms with van der Waals surface area (Å²) in [4.78, 5) is 24.0. The molecule has 4 aromatic rings. The van der Waals surface area contributed by atoms with Gasteiger partial charge in [-0.05, 0) is 55.0 Å². The maximum atomic E-state index is 13.6. The number of nitrogens with zero attached hydrogens (tertiary/aromatic N) is 3. The third kappa shape index (κ3) is 4.71. The van der Waals surface area contributed by atoms with Crippen molar-refractivity contribution in [2.75, 3.05) is 18.4 Å². The van der Waals surface area contributed by atoms with Gasteiger partial charge in [0.25, 0.3) is 5.91 Å². The maximum absolute atomic E-state index is 13.6. The van der Waals surface area contributed by atoms with Crippen LogP contribution in [0.1, 0.15) is 34.3 Å². The smallest absolute Gasteiger partial charge is 0.254 e. The molecule has 0 saturated carbocycles. The van der Waals surface area contributed by atoms with E-state index in [1.54, 1.807) is 0 Å². The highest BCUT2D eigenvalue weighted by atomic mass is 19.2. The molecule has 5 nitrogen and oxygen atoms in total. The molecule has 1 aliphatic heterocycles. The van der Waals surface area contributed by atoms with Gasteiger partial charge in [-0.2, -0.15) is 0 Å². The van der Waals surface area contributed by atoms with Crippen LogP contribution >= 0.6 is 0 Å². The Morgan fingerprint density at radius 3 is 2.57 bits per heavy atom. The second kappa shape index (κ2) is 9.41. The highest BCUT2D eigenvalue weighted by Gasteiger charge is 2.26. The minimum Gasteiger partial charge on any atom is -0.364 e. The Balaban J connectivity index is 1.35. The van der Waals surface area contributed by atoms with Gasteiger partial charge < -0.3 is 10.2 Å². The molecule has 1 atom stereocenters. The highest BCUT2D eigenvalue weighted by molar-refractivity contribution is 6.01. The second-order valence-corrected chi connectivity index (χ2v) is 9.09. The summed E-state index contributed by atoms with van der Waals surface area (Å²) >= 11 is 0. The van der Waals surface area contributed by atoms with Crippen LogP contribution in [0, 0.1) is 25.5 Å². The van der Waals surface area contributed by atoms with Crippen LogP contribution in [0.5, 0.6) is 0 Å². The number of aryl methyl sites for hydroxylation is 2. The zero-order valence-electron chi connectivity index (χ0n) is 19.7. The molecule has 7 heteroatoms. The standard InChI is InChI=1S/C28H26F2N4O/c1-17-9-10-19(12-18(17)2)21-7-3-4-8-22(21)28(35)34-11-5-6-20(16-34)32-27-15-31-25-13-23(29)24(30)14-26(25)33-27/h3-4,7-10,12-15,20H,5-6,11,16H2,1-2H3,(H,32,33). The number of hydrogen-bond donors (Lipinski definition) is 1. The Labute approximate surface area is 202 Å². The van der Waals surface area contributed by atoms with Crippen LogP contribution in [0.25, 0.3) is 22.2 Å². The number of aromatic nitrogens is 2. The van der Waals surface area contributed by atoms with E-state index in [1.165, 1.54) is 17.3 Å². The van der Waals surface area contributed by atoms with Crippen molar-refractivity contribution in [1.82, 2.24) is 14.9 Å². The summed E-state index contributed by atoms with van der Waals surface area (Å²) < 4.78 is 27.1. The predicted molar refractivity (Wildman–Crippen MR) is 133 cm³/mol. The molecule has 3 aromatic carbocycles. The Bertz CT molecular complexity index is 1420. The molecule has 0 spiro atoms. The summed E-state index contributed by atoms with van der Waals surface area (Å²) in [5.41, 5.74) is 5.60. The van der Waals surface area contributed by atoms with Crippen LogP contribution in [-0.2, 0) is 0 Å². The molecule has 1 saturated heterocycles. The first-order valence-electron chi connectivity index (χ1n) is 11.7. The quantitative estimate of drug-likeness (QED) is 0.401. The summed E-state index contributed by atoms with van der Waals surface area (Å²) in [5.74, 6) is -1.44. The number of carbonyl (C=O) groups is 1. The lowest BCUT2D eigenvalue weighted by Crippen LogP contribution is -2.45. The number of anilines is 1. The fraction of sp³-hybridized carbons (Fsp3) is 0.250. The molecule has 178 valence electrons. The number of rotatable bonds is 4. The number of fused-ring (bicyclic) bond motifs is 1. The van der Waals surface area contributed by atoms with Crippen molar-refractivity contribution in [2.24, 2.45) is 0 Å². The van der Waals surface area contributed by atoms with Crippen LogP contribution in [0.2, 0.25) is 0 Å². The van der Waals surface area contributed by atoms with E-state index in [2.05, 4.69) is 47.3 Å². The van der Waals surface area contributed by atoms with Gasteiger partial charge in [0.05, 0.1) is 17.2 Å². The van der Waals surface area contributed by atoms with Gasteiger partial charge in [0.2, 0.25) is 0 Å². The Morgan fingerprint density at radius 1 is 1.00 bits per heavy atom. The molecule has 1 unspecified atom stereocenters. The van der Waals surface area contributed by atoms with Gasteiger partial charge in [0.15, 0.2) is 11.6 Å². The van der Waals surface area contributed by atoms with Gasteiger partial charge in [-0.3, -0.25) is 9.78 Å². The van der Waals surface area contributed by atoms with Gasteiger partial charge in [0, 0.05) is 36.8 Å². The molecule has 1 N–H and O–H groups in total. The van der Waals surface area contributed by atoms with Crippen LogP contribution in [-0.4, -0.2) is 39.9 Å². The average molecular weight is 473 g/mol. The van der Waals surface area contributed by atoms with E-state index < -0.39 is 11.6 Å². The third-order valence-corrected chi connectivity index (χ3v) is 6.62. The number of nitrogens with one attached hydrogen (secondary N) is 1. The first-order chi connectivity index (χ1) is 16.9. The molecule has 1 aromatic heterocycles. The molecular weight excluding hydrogens is 446 g/mol. The number of likely N-dealkylation sites (tertiary alicyclic amines) is 1. The van der Waals surface area contributed by atoms with Crippen molar-refractivity contribution in [3.8, 4) is 11.1 Å².